The molecule has 0 spiro atoms. The van der Waals surface area contributed by atoms with E-state index in [1.54, 1.807) is 17.5 Å². The van der Waals surface area contributed by atoms with Crippen molar-refractivity contribution in [1.82, 2.24) is 10.6 Å². The first kappa shape index (κ1) is 14.4. The highest BCUT2D eigenvalue weighted by molar-refractivity contribution is 7.99. The normalized spacial score (nSPS) is 20.7. The zero-order valence-corrected chi connectivity index (χ0v) is 11.9. The number of carbonyl (C=O) groups excluding carboxylic acids is 1. The average molecular weight is 300 g/mol. The van der Waals surface area contributed by atoms with Gasteiger partial charge < -0.3 is 15.7 Å². The molecule has 5 nitrogen and oxygen atoms in total. The van der Waals surface area contributed by atoms with E-state index in [-0.39, 0.29) is 11.9 Å². The molecule has 2 unspecified atom stereocenters. The first-order valence-electron chi connectivity index (χ1n) is 6.03. The highest BCUT2D eigenvalue weighted by Gasteiger charge is 2.24. The summed E-state index contributed by atoms with van der Waals surface area (Å²) >= 11 is 3.14. The van der Waals surface area contributed by atoms with Crippen molar-refractivity contribution in [3.05, 3.63) is 22.4 Å². The van der Waals surface area contributed by atoms with Gasteiger partial charge in [-0.3, -0.25) is 4.79 Å². The van der Waals surface area contributed by atoms with Gasteiger partial charge >= 0.3 is 5.97 Å². The molecular formula is C12H16N2O3S2. The molecule has 0 aliphatic carbocycles. The topological polar surface area (TPSA) is 78.4 Å². The van der Waals surface area contributed by atoms with Crippen LogP contribution in [0.4, 0.5) is 0 Å². The molecule has 3 N–H and O–H groups in total. The summed E-state index contributed by atoms with van der Waals surface area (Å²) in [7, 11) is 0. The fourth-order valence-corrected chi connectivity index (χ4v) is 3.62. The molecule has 0 radical (unpaired) electrons. The van der Waals surface area contributed by atoms with Crippen molar-refractivity contribution in [2.75, 3.05) is 18.1 Å². The number of carboxylic acids is 1. The van der Waals surface area contributed by atoms with Crippen LogP contribution in [-0.4, -0.2) is 41.1 Å². The van der Waals surface area contributed by atoms with Crippen molar-refractivity contribution in [2.24, 2.45) is 0 Å². The molecule has 2 rings (SSSR count). The molecule has 0 bridgehead atoms. The molecule has 104 valence electrons. The third-order valence-corrected chi connectivity index (χ3v) is 4.88. The lowest BCUT2D eigenvalue weighted by molar-refractivity contribution is -0.142. The maximum Gasteiger partial charge on any atom is 0.331 e. The molecule has 7 heteroatoms. The minimum absolute atomic E-state index is 0.136. The Hall–Kier alpha value is -1.05. The number of aliphatic carboxylic acids is 1. The predicted octanol–water partition coefficient (Wildman–Crippen LogP) is 1.09. The molecule has 1 aromatic heterocycles. The first-order valence-corrected chi connectivity index (χ1v) is 8.07. The number of rotatable bonds is 5. The van der Waals surface area contributed by atoms with Gasteiger partial charge in [-0.25, -0.2) is 4.79 Å². The van der Waals surface area contributed by atoms with Gasteiger partial charge in [-0.05, 0) is 11.4 Å². The van der Waals surface area contributed by atoms with Crippen LogP contribution in [0.1, 0.15) is 17.3 Å². The van der Waals surface area contributed by atoms with Gasteiger partial charge in [0.05, 0.1) is 0 Å². The van der Waals surface area contributed by atoms with Crippen LogP contribution in [0.2, 0.25) is 0 Å². The summed E-state index contributed by atoms with van der Waals surface area (Å²) in [6.45, 7) is 0.899. The monoisotopic (exact) mass is 300 g/mol. The lowest BCUT2D eigenvalue weighted by Crippen LogP contribution is -2.42. The highest BCUT2D eigenvalue weighted by Crippen LogP contribution is 2.19. The Kier molecular flexibility index (Phi) is 5.24. The van der Waals surface area contributed by atoms with Crippen molar-refractivity contribution in [3.63, 3.8) is 0 Å². The standard InChI is InChI=1S/C12H16N2O3S2/c15-10(6-8-7-18-5-3-13-8)14-11(12(16)17)9-2-1-4-19-9/h1-2,4,8,11,13H,3,5-7H2,(H,14,15)(H,16,17). The fraction of sp³-hybridized carbons (Fsp3) is 0.500. The van der Waals surface area contributed by atoms with Crippen LogP contribution in [0, 0.1) is 0 Å². The van der Waals surface area contributed by atoms with Crippen LogP contribution < -0.4 is 10.6 Å². The molecule has 2 heterocycles. The number of thiophene rings is 1. The highest BCUT2D eigenvalue weighted by atomic mass is 32.2. The van der Waals surface area contributed by atoms with Crippen LogP contribution in [0.5, 0.6) is 0 Å². The van der Waals surface area contributed by atoms with E-state index in [0.717, 1.165) is 18.1 Å². The van der Waals surface area contributed by atoms with Crippen LogP contribution in [0.15, 0.2) is 17.5 Å². The van der Waals surface area contributed by atoms with Crippen LogP contribution >= 0.6 is 23.1 Å². The number of hydrogen-bond donors (Lipinski definition) is 3. The summed E-state index contributed by atoms with van der Waals surface area (Å²) in [4.78, 5) is 23.7. The summed E-state index contributed by atoms with van der Waals surface area (Å²) in [6, 6.07) is 2.69. The van der Waals surface area contributed by atoms with E-state index < -0.39 is 12.0 Å². The number of hydrogen-bond acceptors (Lipinski definition) is 5. The van der Waals surface area contributed by atoms with E-state index in [0.29, 0.717) is 11.3 Å². The lowest BCUT2D eigenvalue weighted by atomic mass is 10.2. The fourth-order valence-electron chi connectivity index (χ4n) is 1.90. The number of nitrogens with one attached hydrogen (secondary N) is 2. The minimum Gasteiger partial charge on any atom is -0.479 e. The second-order valence-corrected chi connectivity index (χ2v) is 6.41. The third-order valence-electron chi connectivity index (χ3n) is 2.81. The Labute approximate surface area is 119 Å². The van der Waals surface area contributed by atoms with Crippen molar-refractivity contribution >= 4 is 35.0 Å². The SMILES string of the molecule is O=C(CC1CSCCN1)NC(C(=O)O)c1cccs1. The summed E-state index contributed by atoms with van der Waals surface area (Å²) < 4.78 is 0. The number of thioether (sulfide) groups is 1. The van der Waals surface area contributed by atoms with Crippen molar-refractivity contribution in [2.45, 2.75) is 18.5 Å². The molecule has 0 saturated carbocycles. The molecule has 19 heavy (non-hydrogen) atoms. The summed E-state index contributed by atoms with van der Waals surface area (Å²) in [5.41, 5.74) is 0. The molecule has 1 aliphatic rings. The maximum absolute atomic E-state index is 11.9. The molecule has 2 atom stereocenters. The van der Waals surface area contributed by atoms with E-state index in [1.807, 2.05) is 11.8 Å². The largest absolute Gasteiger partial charge is 0.479 e. The maximum atomic E-state index is 11.9. The van der Waals surface area contributed by atoms with Gasteiger partial charge in [-0.15, -0.1) is 11.3 Å². The van der Waals surface area contributed by atoms with Gasteiger partial charge in [-0.1, -0.05) is 6.07 Å². The van der Waals surface area contributed by atoms with E-state index in [9.17, 15) is 14.7 Å². The Morgan fingerprint density at radius 3 is 3.00 bits per heavy atom. The van der Waals surface area contributed by atoms with Gasteiger partial charge in [0, 0.05) is 35.4 Å². The molecule has 0 aromatic carbocycles. The smallest absolute Gasteiger partial charge is 0.331 e. The van der Waals surface area contributed by atoms with E-state index in [2.05, 4.69) is 10.6 Å². The molecule has 1 aliphatic heterocycles. The third kappa shape index (κ3) is 4.22. The summed E-state index contributed by atoms with van der Waals surface area (Å²) in [5, 5.41) is 16.8. The number of carbonyl (C=O) groups is 2. The van der Waals surface area contributed by atoms with Crippen molar-refractivity contribution in [3.8, 4) is 0 Å². The molecule has 1 saturated heterocycles. The zero-order valence-electron chi connectivity index (χ0n) is 10.3. The van der Waals surface area contributed by atoms with Gasteiger partial charge in [0.25, 0.3) is 0 Å². The Bertz CT molecular complexity index is 430. The number of carboxylic acid groups (broad SMARTS) is 1. The number of amides is 1. The van der Waals surface area contributed by atoms with Gasteiger partial charge in [0.2, 0.25) is 5.91 Å². The average Bonchev–Trinajstić information content (AvgIpc) is 2.90. The van der Waals surface area contributed by atoms with Crippen molar-refractivity contribution < 1.29 is 14.7 Å². The Morgan fingerprint density at radius 1 is 1.58 bits per heavy atom. The van der Waals surface area contributed by atoms with E-state index in [1.165, 1.54) is 11.3 Å². The van der Waals surface area contributed by atoms with E-state index >= 15 is 0 Å². The summed E-state index contributed by atoms with van der Waals surface area (Å²) in [6.07, 6.45) is 0.322. The van der Waals surface area contributed by atoms with Crippen molar-refractivity contribution in [1.29, 1.82) is 0 Å². The van der Waals surface area contributed by atoms with Crippen LogP contribution in [0.3, 0.4) is 0 Å². The van der Waals surface area contributed by atoms with E-state index in [4.69, 9.17) is 0 Å². The molecule has 1 amide bonds. The van der Waals surface area contributed by atoms with Crippen LogP contribution in [0.25, 0.3) is 0 Å². The summed E-state index contributed by atoms with van der Waals surface area (Å²) in [5.74, 6) is 0.706. The molecular weight excluding hydrogens is 284 g/mol. The van der Waals surface area contributed by atoms with Gasteiger partial charge in [-0.2, -0.15) is 11.8 Å². The van der Waals surface area contributed by atoms with Crippen LogP contribution in [-0.2, 0) is 9.59 Å². The Balaban J connectivity index is 1.90. The minimum atomic E-state index is -1.03. The van der Waals surface area contributed by atoms with Gasteiger partial charge in [0.1, 0.15) is 0 Å². The predicted molar refractivity (Wildman–Crippen MR) is 76.6 cm³/mol. The second-order valence-electron chi connectivity index (χ2n) is 4.28. The lowest BCUT2D eigenvalue weighted by Gasteiger charge is -2.23. The zero-order chi connectivity index (χ0) is 13.7. The molecule has 1 aromatic rings. The van der Waals surface area contributed by atoms with Gasteiger partial charge in [0.15, 0.2) is 6.04 Å². The quantitative estimate of drug-likeness (QED) is 0.758. The second kappa shape index (κ2) is 6.93. The Morgan fingerprint density at radius 2 is 2.42 bits per heavy atom. The first-order chi connectivity index (χ1) is 9.16. The molecule has 1 fully saturated rings.